The first-order valence-electron chi connectivity index (χ1n) is 13.7. The van der Waals surface area contributed by atoms with E-state index in [1.54, 1.807) is 23.9 Å². The van der Waals surface area contributed by atoms with Crippen molar-refractivity contribution in [3.05, 3.63) is 107 Å². The molecule has 3 N–H and O–H groups in total. The summed E-state index contributed by atoms with van der Waals surface area (Å²) >= 11 is 1.69. The van der Waals surface area contributed by atoms with Gasteiger partial charge in [0.1, 0.15) is 17.7 Å². The second-order valence-corrected chi connectivity index (χ2v) is 10.7. The minimum absolute atomic E-state index is 0.0766. The van der Waals surface area contributed by atoms with Crippen LogP contribution in [0, 0.1) is 5.82 Å². The Bertz CT molecular complexity index is 1300. The molecule has 0 bridgehead atoms. The molecule has 0 radical (unpaired) electrons. The zero-order chi connectivity index (χ0) is 28.9. The lowest BCUT2D eigenvalue weighted by atomic mass is 9.89. The van der Waals surface area contributed by atoms with Crippen LogP contribution in [0.25, 0.3) is 6.08 Å². The minimum atomic E-state index is -1.16. The zero-order valence-corrected chi connectivity index (χ0v) is 23.9. The van der Waals surface area contributed by atoms with E-state index < -0.39 is 11.6 Å². The van der Waals surface area contributed by atoms with Gasteiger partial charge in [0, 0.05) is 43.1 Å². The summed E-state index contributed by atoms with van der Waals surface area (Å²) in [5.41, 5.74) is 7.55. The topological polar surface area (TPSA) is 92.2 Å². The number of hydrogen-bond acceptors (Lipinski definition) is 7. The maximum Gasteiger partial charge on any atom is 0.266 e. The molecule has 0 fully saturated rings. The second kappa shape index (κ2) is 15.4. The van der Waals surface area contributed by atoms with Crippen molar-refractivity contribution < 1.29 is 23.8 Å². The summed E-state index contributed by atoms with van der Waals surface area (Å²) in [6, 6.07) is 23.7. The molecule has 0 saturated heterocycles. The molecule has 1 aliphatic heterocycles. The SMILES string of the molecule is C[C@@H]1OC(c2ccc(OCCCO)cc2)=N[C@]1(C/C=C/c1ccccc1)C(=O)NNCCSCc1ccc(F)cc1. The molecule has 216 valence electrons. The number of carbonyl (C=O) groups is 1. The Morgan fingerprint density at radius 1 is 1.12 bits per heavy atom. The molecular formula is C32H36FN3O4S. The number of ether oxygens (including phenoxy) is 2. The Kier molecular flexibility index (Phi) is 11.4. The van der Waals surface area contributed by atoms with Crippen molar-refractivity contribution in [3.8, 4) is 5.75 Å². The van der Waals surface area contributed by atoms with Gasteiger partial charge in [-0.3, -0.25) is 10.2 Å². The van der Waals surface area contributed by atoms with Gasteiger partial charge in [-0.1, -0.05) is 54.6 Å². The van der Waals surface area contributed by atoms with Crippen molar-refractivity contribution in [1.29, 1.82) is 0 Å². The summed E-state index contributed by atoms with van der Waals surface area (Å²) in [6.45, 7) is 2.92. The number of nitrogens with zero attached hydrogens (tertiary/aromatic N) is 1. The third-order valence-corrected chi connectivity index (χ3v) is 7.65. The summed E-state index contributed by atoms with van der Waals surface area (Å²) in [5, 5.41) is 8.95. The van der Waals surface area contributed by atoms with Gasteiger partial charge in [-0.15, -0.1) is 0 Å². The van der Waals surface area contributed by atoms with Crippen LogP contribution in [-0.4, -0.2) is 54.1 Å². The predicted octanol–water partition coefficient (Wildman–Crippen LogP) is 5.15. The molecule has 0 spiro atoms. The van der Waals surface area contributed by atoms with Crippen LogP contribution in [0.2, 0.25) is 0 Å². The number of benzene rings is 3. The highest BCUT2D eigenvalue weighted by Crippen LogP contribution is 2.33. The minimum Gasteiger partial charge on any atom is -0.494 e. The first kappa shape index (κ1) is 30.3. The maximum absolute atomic E-state index is 13.6. The van der Waals surface area contributed by atoms with Crippen molar-refractivity contribution in [1.82, 2.24) is 10.9 Å². The van der Waals surface area contributed by atoms with Crippen molar-refractivity contribution in [2.75, 3.05) is 25.5 Å². The van der Waals surface area contributed by atoms with E-state index in [9.17, 15) is 9.18 Å². The average Bonchev–Trinajstić information content (AvgIpc) is 3.33. The quantitative estimate of drug-likeness (QED) is 0.171. The van der Waals surface area contributed by atoms with Crippen LogP contribution >= 0.6 is 11.8 Å². The molecule has 3 aromatic rings. The normalized spacial score (nSPS) is 18.2. The summed E-state index contributed by atoms with van der Waals surface area (Å²) in [4.78, 5) is 18.5. The van der Waals surface area contributed by atoms with E-state index in [-0.39, 0.29) is 18.3 Å². The van der Waals surface area contributed by atoms with Gasteiger partial charge in [-0.2, -0.15) is 11.8 Å². The summed E-state index contributed by atoms with van der Waals surface area (Å²) in [5.74, 6) is 2.08. The van der Waals surface area contributed by atoms with Crippen molar-refractivity contribution in [2.24, 2.45) is 4.99 Å². The van der Waals surface area contributed by atoms with Crippen LogP contribution in [0.1, 0.15) is 36.5 Å². The fourth-order valence-electron chi connectivity index (χ4n) is 4.27. The number of hydrogen-bond donors (Lipinski definition) is 3. The van der Waals surface area contributed by atoms with E-state index in [1.165, 1.54) is 12.1 Å². The molecule has 1 amide bonds. The van der Waals surface area contributed by atoms with Gasteiger partial charge in [0.15, 0.2) is 5.54 Å². The zero-order valence-electron chi connectivity index (χ0n) is 23.1. The van der Waals surface area contributed by atoms with Crippen molar-refractivity contribution >= 4 is 29.6 Å². The van der Waals surface area contributed by atoms with Crippen LogP contribution in [0.15, 0.2) is 89.9 Å². The second-order valence-electron chi connectivity index (χ2n) is 9.63. The number of aliphatic hydroxyl groups excluding tert-OH is 1. The molecule has 1 aliphatic rings. The van der Waals surface area contributed by atoms with Gasteiger partial charge in [0.05, 0.1) is 6.61 Å². The number of nitrogens with one attached hydrogen (secondary N) is 2. The molecule has 0 aromatic heterocycles. The summed E-state index contributed by atoms with van der Waals surface area (Å²) in [6.07, 6.45) is 4.34. The van der Waals surface area contributed by atoms with E-state index >= 15 is 0 Å². The Hall–Kier alpha value is -3.66. The number of hydrazine groups is 1. The van der Waals surface area contributed by atoms with Gasteiger partial charge in [0.25, 0.3) is 5.91 Å². The highest BCUT2D eigenvalue weighted by atomic mass is 32.2. The van der Waals surface area contributed by atoms with E-state index in [4.69, 9.17) is 19.6 Å². The summed E-state index contributed by atoms with van der Waals surface area (Å²) in [7, 11) is 0. The van der Waals surface area contributed by atoms with Gasteiger partial charge < -0.3 is 14.6 Å². The molecule has 0 aliphatic carbocycles. The van der Waals surface area contributed by atoms with Crippen LogP contribution in [0.5, 0.6) is 5.75 Å². The molecule has 7 nitrogen and oxygen atoms in total. The van der Waals surface area contributed by atoms with Crippen LogP contribution in [-0.2, 0) is 15.3 Å². The van der Waals surface area contributed by atoms with Crippen LogP contribution in [0.4, 0.5) is 4.39 Å². The highest BCUT2D eigenvalue weighted by molar-refractivity contribution is 7.98. The van der Waals surface area contributed by atoms with Crippen LogP contribution in [0.3, 0.4) is 0 Å². The molecule has 41 heavy (non-hydrogen) atoms. The fraction of sp³-hybridized carbons (Fsp3) is 0.312. The van der Waals surface area contributed by atoms with E-state index in [0.29, 0.717) is 37.6 Å². The third-order valence-electron chi connectivity index (χ3n) is 6.62. The lowest BCUT2D eigenvalue weighted by Gasteiger charge is -2.27. The molecule has 4 rings (SSSR count). The molecule has 1 heterocycles. The van der Waals surface area contributed by atoms with E-state index in [2.05, 4.69) is 10.9 Å². The third kappa shape index (κ3) is 8.66. The Morgan fingerprint density at radius 2 is 1.88 bits per heavy atom. The molecule has 3 aromatic carbocycles. The largest absolute Gasteiger partial charge is 0.494 e. The standard InChI is InChI=1S/C32H36FN3O4S/c1-24-32(18-5-9-25-7-3-2-4-8-25,31(38)36-34-19-22-41-23-26-10-14-28(33)15-11-26)35-30(40-24)27-12-16-29(17-13-27)39-21-6-20-37/h2-5,7-17,24,34,37H,6,18-23H2,1H3,(H,36,38)/b9-5+/t24-,32-/m0/s1. The molecule has 9 heteroatoms. The molecule has 0 saturated carbocycles. The Morgan fingerprint density at radius 3 is 2.61 bits per heavy atom. The number of carbonyl (C=O) groups excluding carboxylic acids is 1. The number of aliphatic hydroxyl groups is 1. The molecular weight excluding hydrogens is 541 g/mol. The van der Waals surface area contributed by atoms with E-state index in [1.807, 2.05) is 73.7 Å². The summed E-state index contributed by atoms with van der Waals surface area (Å²) < 4.78 is 24.9. The number of rotatable bonds is 15. The smallest absolute Gasteiger partial charge is 0.266 e. The van der Waals surface area contributed by atoms with Crippen LogP contribution < -0.4 is 15.6 Å². The van der Waals surface area contributed by atoms with Crippen molar-refractivity contribution in [2.45, 2.75) is 37.2 Å². The predicted molar refractivity (Wildman–Crippen MR) is 162 cm³/mol. The average molecular weight is 578 g/mol. The van der Waals surface area contributed by atoms with Gasteiger partial charge in [-0.05, 0) is 54.4 Å². The Labute approximate surface area is 244 Å². The number of halogens is 1. The van der Waals surface area contributed by atoms with Gasteiger partial charge >= 0.3 is 0 Å². The highest BCUT2D eigenvalue weighted by Gasteiger charge is 2.49. The van der Waals surface area contributed by atoms with Gasteiger partial charge in [-0.25, -0.2) is 14.8 Å². The lowest BCUT2D eigenvalue weighted by molar-refractivity contribution is -0.129. The fourth-order valence-corrected chi connectivity index (χ4v) is 5.09. The number of thioether (sulfide) groups is 1. The first-order chi connectivity index (χ1) is 20.0. The van der Waals surface area contributed by atoms with Crippen molar-refractivity contribution in [3.63, 3.8) is 0 Å². The first-order valence-corrected chi connectivity index (χ1v) is 14.8. The number of amides is 1. The maximum atomic E-state index is 13.6. The molecule has 0 unspecified atom stereocenters. The molecule has 2 atom stereocenters. The van der Waals surface area contributed by atoms with Gasteiger partial charge in [0.2, 0.25) is 5.90 Å². The number of aliphatic imine (C=N–C) groups is 1. The Balaban J connectivity index is 1.41. The van der Waals surface area contributed by atoms with E-state index in [0.717, 1.165) is 28.2 Å². The lowest BCUT2D eigenvalue weighted by Crippen LogP contribution is -2.54. The monoisotopic (exact) mass is 577 g/mol.